The van der Waals surface area contributed by atoms with Crippen LogP contribution in [-0.2, 0) is 14.8 Å². The van der Waals surface area contributed by atoms with Crippen LogP contribution in [0, 0.1) is 0 Å². The van der Waals surface area contributed by atoms with Crippen LogP contribution >= 0.6 is 35.6 Å². The zero-order chi connectivity index (χ0) is 18.0. The Kier molecular flexibility index (Phi) is 12.4. The Labute approximate surface area is 172 Å². The quantitative estimate of drug-likeness (QED) is 0.207. The molecule has 1 atom stereocenters. The second-order valence-electron chi connectivity index (χ2n) is 5.12. The summed E-state index contributed by atoms with van der Waals surface area (Å²) >= 11 is 5.82. The molecule has 7 nitrogen and oxygen atoms in total. The molecule has 144 valence electrons. The fraction of sp³-hybridized carbons (Fsp3) is 0.533. The highest BCUT2D eigenvalue weighted by atomic mass is 127. The molecule has 0 spiro atoms. The molecule has 0 amide bonds. The fourth-order valence-electron chi connectivity index (χ4n) is 1.91. The predicted octanol–water partition coefficient (Wildman–Crippen LogP) is 1.83. The number of sulfonamides is 1. The fourth-order valence-corrected chi connectivity index (χ4v) is 3.23. The number of aliphatic imine (C=N–C) groups is 1. The first-order chi connectivity index (χ1) is 11.4. The Morgan fingerprint density at radius 2 is 2.12 bits per heavy atom. The van der Waals surface area contributed by atoms with E-state index < -0.39 is 10.0 Å². The molecule has 1 unspecified atom stereocenters. The van der Waals surface area contributed by atoms with Crippen molar-refractivity contribution >= 4 is 51.6 Å². The molecule has 0 radical (unpaired) electrons. The lowest BCUT2D eigenvalue weighted by atomic mass is 10.4. The summed E-state index contributed by atoms with van der Waals surface area (Å²) in [6.07, 6.45) is 0. The minimum atomic E-state index is -3.59. The van der Waals surface area contributed by atoms with E-state index in [1.807, 2.05) is 13.8 Å². The number of halogens is 2. The highest BCUT2D eigenvalue weighted by molar-refractivity contribution is 14.0. The summed E-state index contributed by atoms with van der Waals surface area (Å²) in [5.74, 6) is 0.615. The van der Waals surface area contributed by atoms with Gasteiger partial charge in [-0.15, -0.1) is 24.0 Å². The van der Waals surface area contributed by atoms with Gasteiger partial charge in [-0.3, -0.25) is 4.99 Å². The maximum absolute atomic E-state index is 12.2. The highest BCUT2D eigenvalue weighted by Gasteiger charge is 2.13. The Morgan fingerprint density at radius 1 is 1.40 bits per heavy atom. The van der Waals surface area contributed by atoms with Crippen LogP contribution in [0.15, 0.2) is 34.2 Å². The number of methoxy groups -OCH3 is 1. The van der Waals surface area contributed by atoms with E-state index in [4.69, 9.17) is 16.3 Å². The van der Waals surface area contributed by atoms with Gasteiger partial charge in [-0.1, -0.05) is 17.7 Å². The van der Waals surface area contributed by atoms with Crippen LogP contribution in [0.4, 0.5) is 0 Å². The molecule has 1 rings (SSSR count). The van der Waals surface area contributed by atoms with Gasteiger partial charge >= 0.3 is 0 Å². The van der Waals surface area contributed by atoms with Gasteiger partial charge in [0.25, 0.3) is 0 Å². The van der Waals surface area contributed by atoms with E-state index >= 15 is 0 Å². The molecule has 1 aromatic carbocycles. The molecule has 0 bridgehead atoms. The molecule has 10 heteroatoms. The smallest absolute Gasteiger partial charge is 0.240 e. The zero-order valence-electron chi connectivity index (χ0n) is 14.6. The zero-order valence-corrected chi connectivity index (χ0v) is 18.5. The number of guanidine groups is 1. The molecule has 3 N–H and O–H groups in total. The van der Waals surface area contributed by atoms with E-state index in [1.165, 1.54) is 12.1 Å². The molecule has 0 aliphatic carbocycles. The van der Waals surface area contributed by atoms with Crippen LogP contribution in [0.5, 0.6) is 0 Å². The van der Waals surface area contributed by atoms with Crippen molar-refractivity contribution in [3.63, 3.8) is 0 Å². The summed E-state index contributed by atoms with van der Waals surface area (Å²) in [6, 6.07) is 6.22. The van der Waals surface area contributed by atoms with E-state index in [0.717, 1.165) is 0 Å². The lowest BCUT2D eigenvalue weighted by molar-refractivity contribution is 0.179. The first-order valence-corrected chi connectivity index (χ1v) is 9.54. The first-order valence-electron chi connectivity index (χ1n) is 7.68. The lowest BCUT2D eigenvalue weighted by Gasteiger charge is -2.17. The van der Waals surface area contributed by atoms with Crippen molar-refractivity contribution in [1.82, 2.24) is 15.4 Å². The number of rotatable bonds is 9. The Balaban J connectivity index is 0.00000576. The van der Waals surface area contributed by atoms with E-state index in [1.54, 1.807) is 19.2 Å². The summed E-state index contributed by atoms with van der Waals surface area (Å²) < 4.78 is 31.9. The number of nitrogens with one attached hydrogen (secondary N) is 3. The lowest BCUT2D eigenvalue weighted by Crippen LogP contribution is -2.44. The Bertz CT molecular complexity index is 643. The molecule has 0 saturated heterocycles. The van der Waals surface area contributed by atoms with Crippen molar-refractivity contribution in [3.8, 4) is 0 Å². The van der Waals surface area contributed by atoms with Gasteiger partial charge in [-0.2, -0.15) is 0 Å². The van der Waals surface area contributed by atoms with Gasteiger partial charge in [0.05, 0.1) is 18.0 Å². The standard InChI is InChI=1S/C15H25ClN4O3S.HI/c1-4-17-15(20-12(2)11-23-3)18-8-9-19-24(21,22)14-7-5-6-13(16)10-14;/h5-7,10,12,19H,4,8-9,11H2,1-3H3,(H2,17,18,20);1H. The minimum absolute atomic E-state index is 0. The van der Waals surface area contributed by atoms with Gasteiger partial charge < -0.3 is 15.4 Å². The topological polar surface area (TPSA) is 91.8 Å². The average molecular weight is 505 g/mol. The monoisotopic (exact) mass is 504 g/mol. The van der Waals surface area contributed by atoms with Crippen LogP contribution in [-0.4, -0.2) is 53.8 Å². The van der Waals surface area contributed by atoms with Gasteiger partial charge in [0, 0.05) is 31.3 Å². The molecular weight excluding hydrogens is 479 g/mol. The van der Waals surface area contributed by atoms with Gasteiger partial charge in [0.15, 0.2) is 5.96 Å². The molecule has 0 saturated carbocycles. The molecule has 0 aliphatic heterocycles. The Hall–Kier alpha value is -0.620. The largest absolute Gasteiger partial charge is 0.383 e. The SMILES string of the molecule is CCNC(=NCCNS(=O)(=O)c1cccc(Cl)c1)NC(C)COC.I. The van der Waals surface area contributed by atoms with E-state index in [0.29, 0.717) is 30.7 Å². The normalized spacial score (nSPS) is 13.0. The molecule has 0 aliphatic rings. The molecule has 1 aromatic rings. The van der Waals surface area contributed by atoms with Crippen LogP contribution in [0.1, 0.15) is 13.8 Å². The van der Waals surface area contributed by atoms with Crippen molar-refractivity contribution in [2.24, 2.45) is 4.99 Å². The molecule has 0 heterocycles. The number of hydrogen-bond donors (Lipinski definition) is 3. The van der Waals surface area contributed by atoms with Gasteiger partial charge in [0.1, 0.15) is 0 Å². The second kappa shape index (κ2) is 12.7. The molecule has 0 fully saturated rings. The first kappa shape index (κ1) is 24.4. The van der Waals surface area contributed by atoms with Gasteiger partial charge in [0.2, 0.25) is 10.0 Å². The number of nitrogens with zero attached hydrogens (tertiary/aromatic N) is 1. The molecule has 25 heavy (non-hydrogen) atoms. The van der Waals surface area contributed by atoms with Crippen LogP contribution < -0.4 is 15.4 Å². The van der Waals surface area contributed by atoms with Crippen LogP contribution in [0.3, 0.4) is 0 Å². The second-order valence-corrected chi connectivity index (χ2v) is 7.32. The van der Waals surface area contributed by atoms with E-state index in [9.17, 15) is 8.42 Å². The number of ether oxygens (including phenoxy) is 1. The summed E-state index contributed by atoms with van der Waals surface area (Å²) in [7, 11) is -1.96. The molecule has 0 aromatic heterocycles. The third kappa shape index (κ3) is 9.59. The number of hydrogen-bond acceptors (Lipinski definition) is 4. The van der Waals surface area contributed by atoms with E-state index in [-0.39, 0.29) is 41.5 Å². The predicted molar refractivity (Wildman–Crippen MR) is 113 cm³/mol. The highest BCUT2D eigenvalue weighted by Crippen LogP contribution is 2.14. The summed E-state index contributed by atoms with van der Waals surface area (Å²) in [5, 5.41) is 6.65. The van der Waals surface area contributed by atoms with Crippen molar-refractivity contribution in [2.75, 3.05) is 33.4 Å². The summed E-state index contributed by atoms with van der Waals surface area (Å²) in [4.78, 5) is 4.47. The van der Waals surface area contributed by atoms with E-state index in [2.05, 4.69) is 20.3 Å². The number of benzene rings is 1. The van der Waals surface area contributed by atoms with Crippen molar-refractivity contribution < 1.29 is 13.2 Å². The third-order valence-electron chi connectivity index (χ3n) is 2.92. The maximum Gasteiger partial charge on any atom is 0.240 e. The van der Waals surface area contributed by atoms with Crippen molar-refractivity contribution in [3.05, 3.63) is 29.3 Å². The average Bonchev–Trinajstić information content (AvgIpc) is 2.52. The van der Waals surface area contributed by atoms with Crippen LogP contribution in [0.2, 0.25) is 5.02 Å². The van der Waals surface area contributed by atoms with Gasteiger partial charge in [-0.05, 0) is 32.0 Å². The van der Waals surface area contributed by atoms with Crippen LogP contribution in [0.25, 0.3) is 0 Å². The summed E-state index contributed by atoms with van der Waals surface area (Å²) in [6.45, 7) is 5.67. The minimum Gasteiger partial charge on any atom is -0.383 e. The van der Waals surface area contributed by atoms with Gasteiger partial charge in [-0.25, -0.2) is 13.1 Å². The summed E-state index contributed by atoms with van der Waals surface area (Å²) in [5.41, 5.74) is 0. The van der Waals surface area contributed by atoms with Crippen molar-refractivity contribution in [1.29, 1.82) is 0 Å². The van der Waals surface area contributed by atoms with Crippen molar-refractivity contribution in [2.45, 2.75) is 24.8 Å². The Morgan fingerprint density at radius 3 is 2.72 bits per heavy atom. The third-order valence-corrected chi connectivity index (χ3v) is 4.62. The maximum atomic E-state index is 12.2. The molecular formula is C15H26ClIN4O3S.